The van der Waals surface area contributed by atoms with E-state index in [2.05, 4.69) is 10.1 Å². The molecule has 17 heavy (non-hydrogen) atoms. The van der Waals surface area contributed by atoms with Crippen molar-refractivity contribution in [2.75, 3.05) is 0 Å². The lowest BCUT2D eigenvalue weighted by Crippen LogP contribution is -2.00. The van der Waals surface area contributed by atoms with Crippen LogP contribution in [0.15, 0.2) is 34.9 Å². The molecule has 0 aliphatic heterocycles. The Morgan fingerprint density at radius 1 is 1.35 bits per heavy atom. The van der Waals surface area contributed by atoms with Gasteiger partial charge in [-0.15, -0.1) is 0 Å². The third-order valence-electron chi connectivity index (χ3n) is 1.99. The minimum atomic E-state index is -1.26. The molecule has 0 fully saturated rings. The average Bonchev–Trinajstić information content (AvgIpc) is 2.79. The van der Waals surface area contributed by atoms with E-state index in [4.69, 9.17) is 15.4 Å². The van der Waals surface area contributed by atoms with Crippen molar-refractivity contribution in [3.8, 4) is 0 Å². The summed E-state index contributed by atoms with van der Waals surface area (Å²) in [7, 11) is 0. The van der Waals surface area contributed by atoms with Crippen molar-refractivity contribution in [3.05, 3.63) is 47.6 Å². The van der Waals surface area contributed by atoms with Crippen LogP contribution in [0.1, 0.15) is 22.1 Å². The molecule has 86 valence electrons. The van der Waals surface area contributed by atoms with Gasteiger partial charge in [-0.2, -0.15) is 4.98 Å². The Kier molecular flexibility index (Phi) is 2.87. The van der Waals surface area contributed by atoms with Crippen LogP contribution in [0.25, 0.3) is 11.8 Å². The van der Waals surface area contributed by atoms with Crippen molar-refractivity contribution >= 4 is 17.7 Å². The molecule has 0 spiro atoms. The van der Waals surface area contributed by atoms with E-state index in [1.165, 1.54) is 0 Å². The molecule has 0 aliphatic carbocycles. The molecule has 6 heteroatoms. The number of hydrogen-bond acceptors (Lipinski definition) is 5. The number of nitrogens with zero attached hydrogens (tertiary/aromatic N) is 2. The Morgan fingerprint density at radius 3 is 2.65 bits per heavy atom. The summed E-state index contributed by atoms with van der Waals surface area (Å²) in [6, 6.07) is 9.29. The summed E-state index contributed by atoms with van der Waals surface area (Å²) in [6.45, 7) is 0. The van der Waals surface area contributed by atoms with Crippen molar-refractivity contribution in [1.29, 1.82) is 0 Å². The van der Waals surface area contributed by atoms with Gasteiger partial charge in [-0.3, -0.25) is 0 Å². The van der Waals surface area contributed by atoms with E-state index < -0.39 is 11.8 Å². The number of aromatic carboxylic acids is 1. The number of carboxylic acids is 1. The lowest BCUT2D eigenvalue weighted by Gasteiger charge is -1.94. The number of carboxylic acid groups (broad SMARTS) is 1. The maximum absolute atomic E-state index is 10.5. The molecule has 2 aromatic rings. The molecule has 0 bridgehead atoms. The minimum Gasteiger partial charge on any atom is -0.475 e. The highest BCUT2D eigenvalue weighted by Crippen LogP contribution is 2.11. The summed E-state index contributed by atoms with van der Waals surface area (Å²) in [6.07, 6.45) is 1.62. The van der Waals surface area contributed by atoms with Crippen LogP contribution in [0.3, 0.4) is 0 Å². The second kappa shape index (κ2) is 4.48. The predicted molar refractivity (Wildman–Crippen MR) is 59.8 cm³/mol. The highest BCUT2D eigenvalue weighted by atomic mass is 16.5. The number of carbonyl (C=O) groups is 1. The zero-order valence-electron chi connectivity index (χ0n) is 8.70. The summed E-state index contributed by atoms with van der Waals surface area (Å²) >= 11 is 0. The Bertz CT molecular complexity index is 560. The first kappa shape index (κ1) is 10.9. The topological polar surface area (TPSA) is 102 Å². The third-order valence-corrected chi connectivity index (χ3v) is 1.99. The zero-order chi connectivity index (χ0) is 12.3. The van der Waals surface area contributed by atoms with Gasteiger partial charge >= 0.3 is 5.97 Å². The summed E-state index contributed by atoms with van der Waals surface area (Å²) in [5.74, 6) is -1.68. The van der Waals surface area contributed by atoms with Gasteiger partial charge in [-0.1, -0.05) is 30.3 Å². The van der Waals surface area contributed by atoms with Crippen LogP contribution in [0, 0.1) is 0 Å². The zero-order valence-corrected chi connectivity index (χ0v) is 8.70. The second-order valence-electron chi connectivity index (χ2n) is 3.24. The lowest BCUT2D eigenvalue weighted by atomic mass is 10.2. The van der Waals surface area contributed by atoms with E-state index in [9.17, 15) is 4.79 Å². The van der Waals surface area contributed by atoms with E-state index in [1.807, 2.05) is 30.3 Å². The monoisotopic (exact) mass is 231 g/mol. The molecule has 6 nitrogen and oxygen atoms in total. The van der Waals surface area contributed by atoms with Gasteiger partial charge in [0.2, 0.25) is 0 Å². The molecule has 3 N–H and O–H groups in total. The van der Waals surface area contributed by atoms with Crippen LogP contribution in [0.4, 0.5) is 0 Å². The maximum Gasteiger partial charge on any atom is 0.377 e. The SMILES string of the molecule is NC(=Cc1ccccc1)c1nc(C(=O)O)no1. The predicted octanol–water partition coefficient (Wildman–Crippen LogP) is 1.22. The first-order chi connectivity index (χ1) is 8.16. The van der Waals surface area contributed by atoms with E-state index in [-0.39, 0.29) is 11.6 Å². The van der Waals surface area contributed by atoms with Gasteiger partial charge in [0.1, 0.15) is 0 Å². The number of nitrogens with two attached hydrogens (primary N) is 1. The smallest absolute Gasteiger partial charge is 0.377 e. The van der Waals surface area contributed by atoms with Crippen molar-refractivity contribution in [2.24, 2.45) is 5.73 Å². The van der Waals surface area contributed by atoms with E-state index in [1.54, 1.807) is 6.08 Å². The molecule has 0 amide bonds. The number of rotatable bonds is 3. The van der Waals surface area contributed by atoms with Crippen molar-refractivity contribution < 1.29 is 14.4 Å². The van der Waals surface area contributed by atoms with Gasteiger partial charge in [0.25, 0.3) is 11.7 Å². The summed E-state index contributed by atoms with van der Waals surface area (Å²) in [5, 5.41) is 11.9. The minimum absolute atomic E-state index is 0.00810. The van der Waals surface area contributed by atoms with E-state index in [0.29, 0.717) is 0 Å². The van der Waals surface area contributed by atoms with Gasteiger partial charge in [0.05, 0.1) is 5.70 Å². The molecule has 0 aliphatic rings. The van der Waals surface area contributed by atoms with Crippen LogP contribution >= 0.6 is 0 Å². The Morgan fingerprint density at radius 2 is 2.06 bits per heavy atom. The number of aromatic nitrogens is 2. The standard InChI is InChI=1S/C11H9N3O3/c12-8(6-7-4-2-1-3-5-7)10-13-9(11(15)16)14-17-10/h1-6H,12H2,(H,15,16). The van der Waals surface area contributed by atoms with Gasteiger partial charge in [0, 0.05) is 0 Å². The summed E-state index contributed by atoms with van der Waals surface area (Å²) in [4.78, 5) is 14.2. The first-order valence-electron chi connectivity index (χ1n) is 4.76. The highest BCUT2D eigenvalue weighted by Gasteiger charge is 2.14. The lowest BCUT2D eigenvalue weighted by molar-refractivity contribution is 0.0680. The molecule has 0 saturated carbocycles. The molecule has 2 rings (SSSR count). The number of hydrogen-bond donors (Lipinski definition) is 2. The highest BCUT2D eigenvalue weighted by molar-refractivity contribution is 5.84. The molecule has 1 aromatic carbocycles. The quantitative estimate of drug-likeness (QED) is 0.823. The maximum atomic E-state index is 10.5. The van der Waals surface area contributed by atoms with Gasteiger partial charge in [-0.05, 0) is 16.8 Å². The van der Waals surface area contributed by atoms with Gasteiger partial charge in [-0.25, -0.2) is 4.79 Å². The van der Waals surface area contributed by atoms with Crippen molar-refractivity contribution in [3.63, 3.8) is 0 Å². The third kappa shape index (κ3) is 2.49. The van der Waals surface area contributed by atoms with Crippen LogP contribution in [-0.4, -0.2) is 21.2 Å². The molecule has 0 unspecified atom stereocenters. The first-order valence-corrected chi connectivity index (χ1v) is 4.76. The van der Waals surface area contributed by atoms with Gasteiger partial charge in [0.15, 0.2) is 0 Å². The molecule has 0 atom stereocenters. The van der Waals surface area contributed by atoms with Gasteiger partial charge < -0.3 is 15.4 Å². The van der Waals surface area contributed by atoms with Crippen LogP contribution in [0.2, 0.25) is 0 Å². The molecular formula is C11H9N3O3. The fourth-order valence-electron chi connectivity index (χ4n) is 1.22. The fourth-order valence-corrected chi connectivity index (χ4v) is 1.22. The van der Waals surface area contributed by atoms with E-state index >= 15 is 0 Å². The molecule has 0 radical (unpaired) electrons. The molecule has 1 heterocycles. The number of benzene rings is 1. The Balaban J connectivity index is 2.27. The molecule has 1 aromatic heterocycles. The molecular weight excluding hydrogens is 222 g/mol. The Labute approximate surface area is 96.4 Å². The largest absolute Gasteiger partial charge is 0.475 e. The van der Waals surface area contributed by atoms with Crippen molar-refractivity contribution in [2.45, 2.75) is 0 Å². The second-order valence-corrected chi connectivity index (χ2v) is 3.24. The van der Waals surface area contributed by atoms with Crippen LogP contribution in [-0.2, 0) is 0 Å². The Hall–Kier alpha value is -2.63. The van der Waals surface area contributed by atoms with Crippen molar-refractivity contribution in [1.82, 2.24) is 10.1 Å². The molecule has 0 saturated heterocycles. The van der Waals surface area contributed by atoms with Crippen LogP contribution in [0.5, 0.6) is 0 Å². The van der Waals surface area contributed by atoms with E-state index in [0.717, 1.165) is 5.56 Å². The normalized spacial score (nSPS) is 11.4. The average molecular weight is 231 g/mol. The van der Waals surface area contributed by atoms with Crippen LogP contribution < -0.4 is 5.73 Å². The summed E-state index contributed by atoms with van der Waals surface area (Å²) in [5.41, 5.74) is 6.79. The fraction of sp³-hybridized carbons (Fsp3) is 0. The summed E-state index contributed by atoms with van der Waals surface area (Å²) < 4.78 is 4.72.